The van der Waals surface area contributed by atoms with E-state index in [0.717, 1.165) is 27.8 Å². The predicted octanol–water partition coefficient (Wildman–Crippen LogP) is 3.57. The van der Waals surface area contributed by atoms with Crippen LogP contribution in [0.4, 0.5) is 17.2 Å². The highest BCUT2D eigenvalue weighted by molar-refractivity contribution is 5.93. The molecule has 0 aliphatic carbocycles. The van der Waals surface area contributed by atoms with E-state index in [1.807, 2.05) is 50.2 Å². The Kier molecular flexibility index (Phi) is 2.99. The maximum Gasteiger partial charge on any atom is 0.153 e. The smallest absolute Gasteiger partial charge is 0.153 e. The van der Waals surface area contributed by atoms with Crippen LogP contribution in [0.1, 0.15) is 11.3 Å². The SMILES string of the molecule is Cc1cnc(Nc2cc(C)nc3ccccc23)c(N)c1. The monoisotopic (exact) mass is 264 g/mol. The average Bonchev–Trinajstić information content (AvgIpc) is 2.41. The van der Waals surface area contributed by atoms with Crippen molar-refractivity contribution < 1.29 is 0 Å². The fraction of sp³-hybridized carbons (Fsp3) is 0.125. The van der Waals surface area contributed by atoms with Gasteiger partial charge in [-0.1, -0.05) is 18.2 Å². The molecule has 0 radical (unpaired) electrons. The second kappa shape index (κ2) is 4.81. The molecule has 0 atom stereocenters. The minimum atomic E-state index is 0.642. The zero-order valence-electron chi connectivity index (χ0n) is 11.5. The molecule has 0 saturated heterocycles. The second-order valence-corrected chi connectivity index (χ2v) is 4.90. The lowest BCUT2D eigenvalue weighted by atomic mass is 10.1. The Morgan fingerprint density at radius 2 is 1.90 bits per heavy atom. The molecule has 2 aromatic heterocycles. The summed E-state index contributed by atoms with van der Waals surface area (Å²) in [5.74, 6) is 0.673. The number of hydrogen-bond donors (Lipinski definition) is 2. The number of aryl methyl sites for hydroxylation is 2. The number of nitrogens with two attached hydrogens (primary N) is 1. The predicted molar refractivity (Wildman–Crippen MR) is 83.1 cm³/mol. The topological polar surface area (TPSA) is 63.8 Å². The number of nitrogen functional groups attached to an aromatic ring is 1. The molecule has 0 bridgehead atoms. The van der Waals surface area contributed by atoms with Gasteiger partial charge in [0.05, 0.1) is 16.9 Å². The molecule has 1 aromatic carbocycles. The van der Waals surface area contributed by atoms with E-state index in [0.29, 0.717) is 11.5 Å². The van der Waals surface area contributed by atoms with Gasteiger partial charge in [-0.25, -0.2) is 4.98 Å². The lowest BCUT2D eigenvalue weighted by molar-refractivity contribution is 1.24. The summed E-state index contributed by atoms with van der Waals surface area (Å²) in [6.07, 6.45) is 1.80. The van der Waals surface area contributed by atoms with Gasteiger partial charge in [0.2, 0.25) is 0 Å². The van der Waals surface area contributed by atoms with Crippen LogP contribution in [0.2, 0.25) is 0 Å². The zero-order valence-corrected chi connectivity index (χ0v) is 11.5. The van der Waals surface area contributed by atoms with Gasteiger partial charge < -0.3 is 11.1 Å². The largest absolute Gasteiger partial charge is 0.396 e. The van der Waals surface area contributed by atoms with E-state index >= 15 is 0 Å². The highest BCUT2D eigenvalue weighted by Gasteiger charge is 2.06. The lowest BCUT2D eigenvalue weighted by Gasteiger charge is -2.12. The number of nitrogens with one attached hydrogen (secondary N) is 1. The molecule has 3 N–H and O–H groups in total. The molecule has 0 spiro atoms. The first-order valence-electron chi connectivity index (χ1n) is 6.49. The molecule has 0 aliphatic heterocycles. The van der Waals surface area contributed by atoms with E-state index in [9.17, 15) is 0 Å². The maximum atomic E-state index is 6.01. The fourth-order valence-electron chi connectivity index (χ4n) is 2.24. The molecule has 0 unspecified atom stereocenters. The van der Waals surface area contributed by atoms with Crippen molar-refractivity contribution >= 4 is 28.1 Å². The normalized spacial score (nSPS) is 10.7. The number of nitrogens with zero attached hydrogens (tertiary/aromatic N) is 2. The van der Waals surface area contributed by atoms with Crippen molar-refractivity contribution in [2.24, 2.45) is 0 Å². The first-order valence-corrected chi connectivity index (χ1v) is 6.49. The van der Waals surface area contributed by atoms with Crippen molar-refractivity contribution in [1.29, 1.82) is 0 Å². The first-order chi connectivity index (χ1) is 9.63. The molecule has 3 aromatic rings. The summed E-state index contributed by atoms with van der Waals surface area (Å²) < 4.78 is 0. The molecule has 0 fully saturated rings. The number of aromatic nitrogens is 2. The van der Waals surface area contributed by atoms with Crippen LogP contribution in [0.15, 0.2) is 42.6 Å². The van der Waals surface area contributed by atoms with Crippen LogP contribution in [0.25, 0.3) is 10.9 Å². The minimum Gasteiger partial charge on any atom is -0.396 e. The average molecular weight is 264 g/mol. The lowest BCUT2D eigenvalue weighted by Crippen LogP contribution is -2.01. The van der Waals surface area contributed by atoms with Gasteiger partial charge in [0.1, 0.15) is 0 Å². The van der Waals surface area contributed by atoms with Crippen LogP contribution < -0.4 is 11.1 Å². The zero-order chi connectivity index (χ0) is 14.1. The van der Waals surface area contributed by atoms with Crippen LogP contribution in [0, 0.1) is 13.8 Å². The maximum absolute atomic E-state index is 6.01. The summed E-state index contributed by atoms with van der Waals surface area (Å²) in [6, 6.07) is 11.9. The molecule has 3 rings (SSSR count). The number of rotatable bonds is 2. The quantitative estimate of drug-likeness (QED) is 0.742. The third-order valence-corrected chi connectivity index (χ3v) is 3.15. The van der Waals surface area contributed by atoms with Crippen LogP contribution in [0.3, 0.4) is 0 Å². The van der Waals surface area contributed by atoms with Crippen LogP contribution in [-0.2, 0) is 0 Å². The molecule has 4 heteroatoms. The molecular formula is C16H16N4. The van der Waals surface area contributed by atoms with Crippen molar-refractivity contribution in [2.45, 2.75) is 13.8 Å². The van der Waals surface area contributed by atoms with Gasteiger partial charge in [-0.2, -0.15) is 0 Å². The van der Waals surface area contributed by atoms with Gasteiger partial charge in [0, 0.05) is 17.3 Å². The Balaban J connectivity index is 2.10. The number of anilines is 3. The number of pyridine rings is 2. The molecule has 2 heterocycles. The minimum absolute atomic E-state index is 0.642. The van der Waals surface area contributed by atoms with Crippen molar-refractivity contribution in [1.82, 2.24) is 9.97 Å². The van der Waals surface area contributed by atoms with Crippen LogP contribution in [0.5, 0.6) is 0 Å². The Morgan fingerprint density at radius 3 is 2.70 bits per heavy atom. The van der Waals surface area contributed by atoms with Gasteiger partial charge in [-0.15, -0.1) is 0 Å². The summed E-state index contributed by atoms with van der Waals surface area (Å²) in [6.45, 7) is 3.95. The summed E-state index contributed by atoms with van der Waals surface area (Å²) in [5.41, 5.74) is 10.6. The van der Waals surface area contributed by atoms with Crippen molar-refractivity contribution in [3.8, 4) is 0 Å². The number of hydrogen-bond acceptors (Lipinski definition) is 4. The first kappa shape index (κ1) is 12.4. The second-order valence-electron chi connectivity index (χ2n) is 4.90. The number of para-hydroxylation sites is 1. The van der Waals surface area contributed by atoms with Crippen molar-refractivity contribution in [3.05, 3.63) is 53.9 Å². The van der Waals surface area contributed by atoms with E-state index < -0.39 is 0 Å². The molecule has 4 nitrogen and oxygen atoms in total. The molecule has 100 valence electrons. The van der Waals surface area contributed by atoms with Crippen LogP contribution in [-0.4, -0.2) is 9.97 Å². The van der Waals surface area contributed by atoms with E-state index in [2.05, 4.69) is 15.3 Å². The van der Waals surface area contributed by atoms with Gasteiger partial charge in [-0.05, 0) is 37.6 Å². The molecule has 20 heavy (non-hydrogen) atoms. The van der Waals surface area contributed by atoms with Gasteiger partial charge in [0.15, 0.2) is 5.82 Å². The third kappa shape index (κ3) is 2.28. The Bertz CT molecular complexity index is 781. The number of benzene rings is 1. The van der Waals surface area contributed by atoms with E-state index in [-0.39, 0.29) is 0 Å². The highest BCUT2D eigenvalue weighted by Crippen LogP contribution is 2.27. The van der Waals surface area contributed by atoms with Crippen molar-refractivity contribution in [3.63, 3.8) is 0 Å². The number of fused-ring (bicyclic) bond motifs is 1. The Morgan fingerprint density at radius 1 is 1.10 bits per heavy atom. The summed E-state index contributed by atoms with van der Waals surface area (Å²) in [5, 5.41) is 4.36. The Labute approximate surface area is 117 Å². The van der Waals surface area contributed by atoms with E-state index in [1.54, 1.807) is 6.20 Å². The van der Waals surface area contributed by atoms with Gasteiger partial charge in [0.25, 0.3) is 0 Å². The molecular weight excluding hydrogens is 248 g/mol. The molecule has 0 saturated carbocycles. The van der Waals surface area contributed by atoms with Crippen LogP contribution >= 0.6 is 0 Å². The van der Waals surface area contributed by atoms with Gasteiger partial charge in [-0.3, -0.25) is 4.98 Å². The summed E-state index contributed by atoms with van der Waals surface area (Å²) in [7, 11) is 0. The van der Waals surface area contributed by atoms with Gasteiger partial charge >= 0.3 is 0 Å². The molecule has 0 aliphatic rings. The fourth-order valence-corrected chi connectivity index (χ4v) is 2.24. The van der Waals surface area contributed by atoms with E-state index in [4.69, 9.17) is 5.73 Å². The van der Waals surface area contributed by atoms with Crippen molar-refractivity contribution in [2.75, 3.05) is 11.1 Å². The summed E-state index contributed by atoms with van der Waals surface area (Å²) >= 11 is 0. The standard InChI is InChI=1S/C16H16N4/c1-10-7-13(17)16(18-9-10)20-15-8-11(2)19-14-6-4-3-5-12(14)15/h3-9H,17H2,1-2H3,(H,18,19,20). The molecule has 0 amide bonds. The summed E-state index contributed by atoms with van der Waals surface area (Å²) in [4.78, 5) is 8.88. The highest BCUT2D eigenvalue weighted by atomic mass is 15.0. The third-order valence-electron chi connectivity index (χ3n) is 3.15. The van der Waals surface area contributed by atoms with E-state index in [1.165, 1.54) is 0 Å². The Hall–Kier alpha value is -2.62.